The van der Waals surface area contributed by atoms with Crippen LogP contribution in [0.25, 0.3) is 0 Å². The number of hydrogen-bond donors (Lipinski definition) is 0. The molecule has 1 aromatic carbocycles. The number of nitrogens with zero attached hydrogens (tertiary/aromatic N) is 1. The molecule has 0 bridgehead atoms. The molecular weight excluding hydrogens is 234 g/mol. The van der Waals surface area contributed by atoms with Gasteiger partial charge >= 0.3 is 5.69 Å². The molecule has 1 saturated carbocycles. The average molecular weight is 249 g/mol. The standard InChI is InChI=1S/C13H15NO4/c1-2-18-13-8-9(3-6-11(13)14(16)17)7-12(15)10-4-5-10/h3,6,8,10H,2,4-5,7H2,1H3. The van der Waals surface area contributed by atoms with Crippen molar-refractivity contribution in [3.05, 3.63) is 33.9 Å². The summed E-state index contributed by atoms with van der Waals surface area (Å²) >= 11 is 0. The minimum atomic E-state index is -0.475. The number of carbonyl (C=O) groups is 1. The van der Waals surface area contributed by atoms with Crippen molar-refractivity contribution < 1.29 is 14.5 Å². The Kier molecular flexibility index (Phi) is 3.60. The molecule has 18 heavy (non-hydrogen) atoms. The van der Waals surface area contributed by atoms with Gasteiger partial charge in [-0.05, 0) is 31.4 Å². The topological polar surface area (TPSA) is 69.4 Å². The summed E-state index contributed by atoms with van der Waals surface area (Å²) in [4.78, 5) is 22.0. The molecule has 5 heteroatoms. The van der Waals surface area contributed by atoms with Gasteiger partial charge < -0.3 is 4.74 Å². The Bertz CT molecular complexity index is 480. The lowest BCUT2D eigenvalue weighted by Gasteiger charge is -2.06. The number of hydrogen-bond acceptors (Lipinski definition) is 4. The third-order valence-corrected chi connectivity index (χ3v) is 2.93. The van der Waals surface area contributed by atoms with Crippen LogP contribution in [0.4, 0.5) is 5.69 Å². The van der Waals surface area contributed by atoms with E-state index in [1.54, 1.807) is 19.1 Å². The highest BCUT2D eigenvalue weighted by Gasteiger charge is 2.29. The van der Waals surface area contributed by atoms with Crippen molar-refractivity contribution in [2.45, 2.75) is 26.2 Å². The molecule has 1 aliphatic rings. The Balaban J connectivity index is 2.18. The zero-order chi connectivity index (χ0) is 13.1. The van der Waals surface area contributed by atoms with Crippen LogP contribution in [0, 0.1) is 16.0 Å². The molecule has 5 nitrogen and oxygen atoms in total. The summed E-state index contributed by atoms with van der Waals surface area (Å²) < 4.78 is 5.24. The predicted molar refractivity (Wildman–Crippen MR) is 65.7 cm³/mol. The molecule has 0 saturated heterocycles. The molecule has 0 unspecified atom stereocenters. The second-order valence-electron chi connectivity index (χ2n) is 4.41. The SMILES string of the molecule is CCOc1cc(CC(=O)C2CC2)ccc1[N+](=O)[O-]. The fourth-order valence-electron chi connectivity index (χ4n) is 1.84. The number of carbonyl (C=O) groups excluding carboxylic acids is 1. The first-order valence-corrected chi connectivity index (χ1v) is 6.04. The Hall–Kier alpha value is -1.91. The fourth-order valence-corrected chi connectivity index (χ4v) is 1.84. The van der Waals surface area contributed by atoms with E-state index in [1.165, 1.54) is 6.07 Å². The zero-order valence-corrected chi connectivity index (χ0v) is 10.2. The number of nitro benzene ring substituents is 1. The van der Waals surface area contributed by atoms with Gasteiger partial charge in [0, 0.05) is 18.4 Å². The number of nitro groups is 1. The molecule has 96 valence electrons. The van der Waals surface area contributed by atoms with E-state index in [-0.39, 0.29) is 23.1 Å². The number of benzene rings is 1. The maximum Gasteiger partial charge on any atom is 0.310 e. The van der Waals surface area contributed by atoms with Crippen LogP contribution in [-0.4, -0.2) is 17.3 Å². The van der Waals surface area contributed by atoms with Gasteiger partial charge in [-0.1, -0.05) is 6.07 Å². The van der Waals surface area contributed by atoms with E-state index in [0.717, 1.165) is 18.4 Å². The Morgan fingerprint density at radius 1 is 1.50 bits per heavy atom. The van der Waals surface area contributed by atoms with Crippen LogP contribution < -0.4 is 4.74 Å². The second kappa shape index (κ2) is 5.16. The van der Waals surface area contributed by atoms with E-state index < -0.39 is 4.92 Å². The first kappa shape index (κ1) is 12.5. The smallest absolute Gasteiger partial charge is 0.310 e. The predicted octanol–water partition coefficient (Wildman–Crippen LogP) is 2.52. The first-order chi connectivity index (χ1) is 8.61. The highest BCUT2D eigenvalue weighted by atomic mass is 16.6. The van der Waals surface area contributed by atoms with Gasteiger partial charge in [-0.3, -0.25) is 14.9 Å². The first-order valence-electron chi connectivity index (χ1n) is 6.04. The van der Waals surface area contributed by atoms with Gasteiger partial charge in [0.15, 0.2) is 5.75 Å². The van der Waals surface area contributed by atoms with Crippen LogP contribution in [-0.2, 0) is 11.2 Å². The summed E-state index contributed by atoms with van der Waals surface area (Å²) in [7, 11) is 0. The maximum atomic E-state index is 11.7. The lowest BCUT2D eigenvalue weighted by molar-refractivity contribution is -0.385. The van der Waals surface area contributed by atoms with Crippen LogP contribution in [0.2, 0.25) is 0 Å². The van der Waals surface area contributed by atoms with E-state index in [0.29, 0.717) is 13.0 Å². The summed E-state index contributed by atoms with van der Waals surface area (Å²) in [5.41, 5.74) is 0.723. The lowest BCUT2D eigenvalue weighted by Crippen LogP contribution is -2.05. The van der Waals surface area contributed by atoms with Crippen molar-refractivity contribution in [2.75, 3.05) is 6.61 Å². The molecule has 0 amide bonds. The number of rotatable bonds is 6. The second-order valence-corrected chi connectivity index (χ2v) is 4.41. The van der Waals surface area contributed by atoms with E-state index in [9.17, 15) is 14.9 Å². The van der Waals surface area contributed by atoms with Gasteiger partial charge in [-0.25, -0.2) is 0 Å². The van der Waals surface area contributed by atoms with Gasteiger partial charge in [0.2, 0.25) is 0 Å². The molecule has 0 aromatic heterocycles. The van der Waals surface area contributed by atoms with Gasteiger partial charge in [-0.2, -0.15) is 0 Å². The van der Waals surface area contributed by atoms with Crippen molar-refractivity contribution in [3.8, 4) is 5.75 Å². The lowest BCUT2D eigenvalue weighted by atomic mass is 10.1. The Morgan fingerprint density at radius 3 is 2.78 bits per heavy atom. The van der Waals surface area contributed by atoms with Crippen LogP contribution in [0.1, 0.15) is 25.3 Å². The molecule has 2 rings (SSSR count). The molecule has 0 radical (unpaired) electrons. The Morgan fingerprint density at radius 2 is 2.22 bits per heavy atom. The van der Waals surface area contributed by atoms with Crippen LogP contribution >= 0.6 is 0 Å². The largest absolute Gasteiger partial charge is 0.487 e. The maximum absolute atomic E-state index is 11.7. The van der Waals surface area contributed by atoms with Crippen molar-refractivity contribution in [1.82, 2.24) is 0 Å². The van der Waals surface area contributed by atoms with Crippen molar-refractivity contribution in [1.29, 1.82) is 0 Å². The van der Waals surface area contributed by atoms with Gasteiger partial charge in [0.25, 0.3) is 0 Å². The highest BCUT2D eigenvalue weighted by molar-refractivity contribution is 5.85. The minimum Gasteiger partial charge on any atom is -0.487 e. The zero-order valence-electron chi connectivity index (χ0n) is 10.2. The molecule has 0 heterocycles. The molecule has 0 N–H and O–H groups in total. The summed E-state index contributed by atoms with van der Waals surface area (Å²) in [6.45, 7) is 2.13. The third-order valence-electron chi connectivity index (χ3n) is 2.93. The van der Waals surface area contributed by atoms with Crippen LogP contribution in [0.15, 0.2) is 18.2 Å². The number of ether oxygens (including phenoxy) is 1. The normalized spacial score (nSPS) is 14.3. The minimum absolute atomic E-state index is 0.0560. The summed E-state index contributed by atoms with van der Waals surface area (Å²) in [5, 5.41) is 10.8. The number of Topliss-reactive ketones (excluding diaryl/α,β-unsaturated/α-hetero) is 1. The van der Waals surface area contributed by atoms with Gasteiger partial charge in [-0.15, -0.1) is 0 Å². The van der Waals surface area contributed by atoms with Crippen molar-refractivity contribution >= 4 is 11.5 Å². The molecule has 1 aromatic rings. The van der Waals surface area contributed by atoms with Crippen LogP contribution in [0.5, 0.6) is 5.75 Å². The quantitative estimate of drug-likeness (QED) is 0.573. The van der Waals surface area contributed by atoms with Crippen molar-refractivity contribution in [2.24, 2.45) is 5.92 Å². The fraction of sp³-hybridized carbons (Fsp3) is 0.462. The molecule has 1 fully saturated rings. The monoisotopic (exact) mass is 249 g/mol. The molecular formula is C13H15NO4. The Labute approximate surface area is 105 Å². The molecule has 0 atom stereocenters. The van der Waals surface area contributed by atoms with E-state index >= 15 is 0 Å². The summed E-state index contributed by atoms with van der Waals surface area (Å²) in [5.74, 6) is 0.658. The van der Waals surface area contributed by atoms with E-state index in [4.69, 9.17) is 4.74 Å². The van der Waals surface area contributed by atoms with Gasteiger partial charge in [0.1, 0.15) is 5.78 Å². The average Bonchev–Trinajstić information content (AvgIpc) is 3.13. The highest BCUT2D eigenvalue weighted by Crippen LogP contribution is 2.32. The summed E-state index contributed by atoms with van der Waals surface area (Å²) in [6, 6.07) is 4.63. The number of ketones is 1. The summed E-state index contributed by atoms with van der Waals surface area (Å²) in [6.07, 6.45) is 2.29. The van der Waals surface area contributed by atoms with E-state index in [2.05, 4.69) is 0 Å². The van der Waals surface area contributed by atoms with Crippen molar-refractivity contribution in [3.63, 3.8) is 0 Å². The van der Waals surface area contributed by atoms with Crippen LogP contribution in [0.3, 0.4) is 0 Å². The molecule has 1 aliphatic carbocycles. The molecule has 0 aliphatic heterocycles. The van der Waals surface area contributed by atoms with Gasteiger partial charge in [0.05, 0.1) is 11.5 Å². The van der Waals surface area contributed by atoms with E-state index in [1.807, 2.05) is 0 Å². The third kappa shape index (κ3) is 2.85. The molecule has 0 spiro atoms.